The summed E-state index contributed by atoms with van der Waals surface area (Å²) in [4.78, 5) is 6.94. The summed E-state index contributed by atoms with van der Waals surface area (Å²) in [6.45, 7) is 8.35. The third-order valence-electron chi connectivity index (χ3n) is 3.44. The van der Waals surface area contributed by atoms with Gasteiger partial charge in [0.25, 0.3) is 0 Å². The molecule has 0 unspecified atom stereocenters. The Morgan fingerprint density at radius 2 is 2.00 bits per heavy atom. The van der Waals surface area contributed by atoms with Crippen LogP contribution in [0, 0.1) is 0 Å². The van der Waals surface area contributed by atoms with Gasteiger partial charge in [0.2, 0.25) is 0 Å². The van der Waals surface area contributed by atoms with Crippen LogP contribution < -0.4 is 0 Å². The van der Waals surface area contributed by atoms with Crippen molar-refractivity contribution in [2.24, 2.45) is 0 Å². The Morgan fingerprint density at radius 1 is 1.26 bits per heavy atom. The van der Waals surface area contributed by atoms with Gasteiger partial charge in [-0.1, -0.05) is 25.4 Å². The maximum Gasteiger partial charge on any atom is 0.124 e. The molecule has 0 N–H and O–H groups in total. The van der Waals surface area contributed by atoms with Crippen LogP contribution in [-0.2, 0) is 12.4 Å². The number of rotatable bonds is 6. The number of hydrogen-bond acceptors (Lipinski definition) is 2. The number of nitrogens with zero attached hydrogens (tertiary/aromatic N) is 3. The Hall–Kier alpha value is -0.770. The molecule has 0 atom stereocenters. The van der Waals surface area contributed by atoms with Crippen LogP contribution in [0.25, 0.3) is 11.0 Å². The summed E-state index contributed by atoms with van der Waals surface area (Å²) in [5.74, 6) is 1.33. The van der Waals surface area contributed by atoms with Gasteiger partial charge in [0.1, 0.15) is 5.82 Å². The lowest BCUT2D eigenvalue weighted by atomic mass is 10.3. The van der Waals surface area contributed by atoms with E-state index in [4.69, 9.17) is 23.2 Å². The van der Waals surface area contributed by atoms with Crippen molar-refractivity contribution in [2.45, 2.75) is 26.3 Å². The molecule has 2 aromatic rings. The minimum atomic E-state index is 0.421. The molecular weight excluding hydrogens is 281 g/mol. The fraction of sp³-hybridized carbons (Fsp3) is 0.500. The van der Waals surface area contributed by atoms with Gasteiger partial charge in [0.05, 0.1) is 16.9 Å². The largest absolute Gasteiger partial charge is 0.326 e. The van der Waals surface area contributed by atoms with Gasteiger partial charge in [-0.2, -0.15) is 0 Å². The molecule has 19 heavy (non-hydrogen) atoms. The number of aromatic nitrogens is 2. The number of alkyl halides is 1. The molecule has 0 fully saturated rings. The molecule has 0 radical (unpaired) electrons. The highest BCUT2D eigenvalue weighted by Crippen LogP contribution is 2.21. The molecule has 0 aliphatic heterocycles. The van der Waals surface area contributed by atoms with Gasteiger partial charge >= 0.3 is 0 Å². The van der Waals surface area contributed by atoms with E-state index in [0.717, 1.165) is 48.1 Å². The van der Waals surface area contributed by atoms with Crippen molar-refractivity contribution in [1.29, 1.82) is 0 Å². The zero-order chi connectivity index (χ0) is 13.8. The minimum absolute atomic E-state index is 0.421. The number of likely N-dealkylation sites (N-methyl/N-ethyl adjacent to an activating group) is 1. The van der Waals surface area contributed by atoms with E-state index in [1.807, 2.05) is 18.2 Å². The molecule has 1 aromatic heterocycles. The third kappa shape index (κ3) is 3.22. The summed E-state index contributed by atoms with van der Waals surface area (Å²) in [6.07, 6.45) is 0. The third-order valence-corrected chi connectivity index (χ3v) is 3.92. The van der Waals surface area contributed by atoms with Crippen molar-refractivity contribution in [3.05, 3.63) is 29.0 Å². The fourth-order valence-corrected chi connectivity index (χ4v) is 2.65. The van der Waals surface area contributed by atoms with Crippen molar-refractivity contribution in [3.63, 3.8) is 0 Å². The molecule has 0 aliphatic carbocycles. The standard InChI is InChI=1S/C14H19Cl2N3/c1-3-18(4-2)7-8-19-13-9-11(16)5-6-12(13)17-14(19)10-15/h5-6,9H,3-4,7-8,10H2,1-2H3. The van der Waals surface area contributed by atoms with E-state index >= 15 is 0 Å². The van der Waals surface area contributed by atoms with E-state index < -0.39 is 0 Å². The molecule has 5 heteroatoms. The Balaban J connectivity index is 2.31. The normalized spacial score (nSPS) is 11.6. The lowest BCUT2D eigenvalue weighted by Gasteiger charge is -2.19. The van der Waals surface area contributed by atoms with Crippen LogP contribution in [0.5, 0.6) is 0 Å². The molecule has 0 spiro atoms. The van der Waals surface area contributed by atoms with Crippen LogP contribution in [0.2, 0.25) is 5.02 Å². The molecule has 0 bridgehead atoms. The number of imidazole rings is 1. The number of benzene rings is 1. The second-order valence-electron chi connectivity index (χ2n) is 4.47. The van der Waals surface area contributed by atoms with Crippen molar-refractivity contribution >= 4 is 34.2 Å². The average molecular weight is 300 g/mol. The fourth-order valence-electron chi connectivity index (χ4n) is 2.28. The van der Waals surface area contributed by atoms with Crippen LogP contribution in [0.3, 0.4) is 0 Å². The van der Waals surface area contributed by atoms with E-state index in [1.54, 1.807) is 0 Å². The van der Waals surface area contributed by atoms with E-state index in [9.17, 15) is 0 Å². The van der Waals surface area contributed by atoms with Gasteiger partial charge in [0.15, 0.2) is 0 Å². The van der Waals surface area contributed by atoms with Gasteiger partial charge in [-0.25, -0.2) is 4.98 Å². The van der Waals surface area contributed by atoms with Crippen LogP contribution in [0.15, 0.2) is 18.2 Å². The number of halogens is 2. The van der Waals surface area contributed by atoms with Gasteiger partial charge in [-0.15, -0.1) is 11.6 Å². The van der Waals surface area contributed by atoms with Gasteiger partial charge in [-0.05, 0) is 31.3 Å². The predicted molar refractivity (Wildman–Crippen MR) is 82.1 cm³/mol. The summed E-state index contributed by atoms with van der Waals surface area (Å²) in [5, 5.41) is 0.734. The Morgan fingerprint density at radius 3 is 2.63 bits per heavy atom. The minimum Gasteiger partial charge on any atom is -0.326 e. The quantitative estimate of drug-likeness (QED) is 0.757. The Bertz CT molecular complexity index is 547. The number of hydrogen-bond donors (Lipinski definition) is 0. The summed E-state index contributed by atoms with van der Waals surface area (Å²) in [5.41, 5.74) is 2.02. The summed E-state index contributed by atoms with van der Waals surface area (Å²) in [6, 6.07) is 5.77. The number of fused-ring (bicyclic) bond motifs is 1. The highest BCUT2D eigenvalue weighted by atomic mass is 35.5. The zero-order valence-corrected chi connectivity index (χ0v) is 12.9. The molecular formula is C14H19Cl2N3. The van der Waals surface area contributed by atoms with Crippen molar-refractivity contribution in [1.82, 2.24) is 14.5 Å². The summed E-state index contributed by atoms with van der Waals surface area (Å²) < 4.78 is 2.17. The molecule has 3 nitrogen and oxygen atoms in total. The molecule has 0 aliphatic rings. The molecule has 1 aromatic carbocycles. The highest BCUT2D eigenvalue weighted by Gasteiger charge is 2.11. The lowest BCUT2D eigenvalue weighted by Crippen LogP contribution is -2.27. The van der Waals surface area contributed by atoms with Crippen molar-refractivity contribution in [3.8, 4) is 0 Å². The van der Waals surface area contributed by atoms with Crippen LogP contribution >= 0.6 is 23.2 Å². The molecule has 1 heterocycles. The second-order valence-corrected chi connectivity index (χ2v) is 5.18. The first-order valence-corrected chi connectivity index (χ1v) is 7.53. The van der Waals surface area contributed by atoms with E-state index in [2.05, 4.69) is 28.3 Å². The summed E-state index contributed by atoms with van der Waals surface area (Å²) >= 11 is 12.1. The van der Waals surface area contributed by atoms with E-state index in [-0.39, 0.29) is 0 Å². The molecule has 0 saturated heterocycles. The van der Waals surface area contributed by atoms with Crippen LogP contribution in [-0.4, -0.2) is 34.1 Å². The highest BCUT2D eigenvalue weighted by molar-refractivity contribution is 6.31. The summed E-state index contributed by atoms with van der Waals surface area (Å²) in [7, 11) is 0. The molecule has 0 amide bonds. The molecule has 0 saturated carbocycles. The Labute approximate surface area is 124 Å². The lowest BCUT2D eigenvalue weighted by molar-refractivity contribution is 0.291. The molecule has 2 rings (SSSR count). The molecule has 104 valence electrons. The zero-order valence-electron chi connectivity index (χ0n) is 11.4. The first kappa shape index (κ1) is 14.6. The second kappa shape index (κ2) is 6.60. The van der Waals surface area contributed by atoms with Crippen molar-refractivity contribution < 1.29 is 0 Å². The maximum atomic E-state index is 6.08. The van der Waals surface area contributed by atoms with Gasteiger partial charge < -0.3 is 9.47 Å². The van der Waals surface area contributed by atoms with Gasteiger partial charge in [-0.3, -0.25) is 0 Å². The van der Waals surface area contributed by atoms with Gasteiger partial charge in [0, 0.05) is 18.1 Å². The van der Waals surface area contributed by atoms with Crippen LogP contribution in [0.4, 0.5) is 0 Å². The van der Waals surface area contributed by atoms with E-state index in [0.29, 0.717) is 5.88 Å². The average Bonchev–Trinajstić information content (AvgIpc) is 2.77. The Kier molecular flexibility index (Phi) is 5.08. The van der Waals surface area contributed by atoms with Crippen LogP contribution in [0.1, 0.15) is 19.7 Å². The first-order chi connectivity index (χ1) is 9.19. The topological polar surface area (TPSA) is 21.1 Å². The van der Waals surface area contributed by atoms with Crippen molar-refractivity contribution in [2.75, 3.05) is 19.6 Å². The first-order valence-electron chi connectivity index (χ1n) is 6.62. The maximum absolute atomic E-state index is 6.08. The SMILES string of the molecule is CCN(CC)CCn1c(CCl)nc2ccc(Cl)cc21. The van der Waals surface area contributed by atoms with E-state index in [1.165, 1.54) is 0 Å². The predicted octanol–water partition coefficient (Wildman–Crippen LogP) is 3.77. The monoisotopic (exact) mass is 299 g/mol. The smallest absolute Gasteiger partial charge is 0.124 e.